The smallest absolute Gasteiger partial charge is 0.254 e. The van der Waals surface area contributed by atoms with Gasteiger partial charge in [0.25, 0.3) is 5.91 Å². The average molecular weight is 331 g/mol. The van der Waals surface area contributed by atoms with E-state index in [1.807, 2.05) is 6.92 Å². The van der Waals surface area contributed by atoms with Gasteiger partial charge in [-0.2, -0.15) is 0 Å². The van der Waals surface area contributed by atoms with Crippen molar-refractivity contribution in [2.45, 2.75) is 20.3 Å². The van der Waals surface area contributed by atoms with Crippen LogP contribution >= 0.6 is 0 Å². The van der Waals surface area contributed by atoms with Crippen LogP contribution in [0.5, 0.6) is 5.75 Å². The largest absolute Gasteiger partial charge is 0.497 e. The second kappa shape index (κ2) is 8.14. The Kier molecular flexibility index (Phi) is 5.95. The van der Waals surface area contributed by atoms with Crippen molar-refractivity contribution in [2.75, 3.05) is 25.5 Å². The van der Waals surface area contributed by atoms with Gasteiger partial charge in [0.1, 0.15) is 18.1 Å². The molecule has 7 nitrogen and oxygen atoms in total. The molecule has 1 aromatic carbocycles. The summed E-state index contributed by atoms with van der Waals surface area (Å²) in [6.45, 7) is 4.10. The summed E-state index contributed by atoms with van der Waals surface area (Å²) in [6, 6.07) is 8.48. The van der Waals surface area contributed by atoms with Gasteiger partial charge in [0.05, 0.1) is 7.11 Å². The molecule has 0 radical (unpaired) electrons. The SMILES string of the molecule is CCCN(CC(=O)Nc1cc(C)on1)C(=O)c1cccc(OC)c1. The summed E-state index contributed by atoms with van der Waals surface area (Å²) < 4.78 is 10.0. The van der Waals surface area contributed by atoms with Gasteiger partial charge in [0.2, 0.25) is 5.91 Å². The molecule has 0 fully saturated rings. The van der Waals surface area contributed by atoms with Gasteiger partial charge in [-0.25, -0.2) is 0 Å². The van der Waals surface area contributed by atoms with Crippen molar-refractivity contribution in [1.82, 2.24) is 10.1 Å². The van der Waals surface area contributed by atoms with Crippen LogP contribution in [0.2, 0.25) is 0 Å². The first-order valence-corrected chi connectivity index (χ1v) is 7.70. The van der Waals surface area contributed by atoms with Gasteiger partial charge < -0.3 is 19.5 Å². The summed E-state index contributed by atoms with van der Waals surface area (Å²) in [6.07, 6.45) is 0.742. The fourth-order valence-corrected chi connectivity index (χ4v) is 2.24. The second-order valence-corrected chi connectivity index (χ2v) is 5.33. The highest BCUT2D eigenvalue weighted by Crippen LogP contribution is 2.15. The van der Waals surface area contributed by atoms with Crippen LogP contribution in [0.4, 0.5) is 5.82 Å². The number of ether oxygens (including phenoxy) is 1. The Morgan fingerprint density at radius 2 is 2.12 bits per heavy atom. The molecule has 24 heavy (non-hydrogen) atoms. The molecular weight excluding hydrogens is 310 g/mol. The number of nitrogens with one attached hydrogen (secondary N) is 1. The standard InChI is InChI=1S/C17H21N3O4/c1-4-8-20(11-16(21)18-15-9-12(2)24-19-15)17(22)13-6-5-7-14(10-13)23-3/h5-7,9-10H,4,8,11H2,1-3H3,(H,18,19,21). The van der Waals surface area contributed by atoms with Crippen LogP contribution in [0.1, 0.15) is 29.5 Å². The van der Waals surface area contributed by atoms with E-state index in [-0.39, 0.29) is 18.4 Å². The van der Waals surface area contributed by atoms with E-state index < -0.39 is 0 Å². The zero-order valence-electron chi connectivity index (χ0n) is 14.0. The molecule has 0 saturated carbocycles. The molecule has 2 rings (SSSR count). The summed E-state index contributed by atoms with van der Waals surface area (Å²) >= 11 is 0. The highest BCUT2D eigenvalue weighted by atomic mass is 16.5. The summed E-state index contributed by atoms with van der Waals surface area (Å²) in [5.41, 5.74) is 0.480. The Balaban J connectivity index is 2.07. The lowest BCUT2D eigenvalue weighted by Crippen LogP contribution is -2.38. The predicted molar refractivity (Wildman–Crippen MR) is 89.1 cm³/mol. The van der Waals surface area contributed by atoms with Gasteiger partial charge in [-0.3, -0.25) is 9.59 Å². The lowest BCUT2D eigenvalue weighted by Gasteiger charge is -2.21. The first-order valence-electron chi connectivity index (χ1n) is 7.70. The topological polar surface area (TPSA) is 84.7 Å². The zero-order chi connectivity index (χ0) is 17.5. The van der Waals surface area contributed by atoms with Crippen LogP contribution in [0.3, 0.4) is 0 Å². The second-order valence-electron chi connectivity index (χ2n) is 5.33. The van der Waals surface area contributed by atoms with Gasteiger partial charge in [-0.15, -0.1) is 0 Å². The van der Waals surface area contributed by atoms with Crippen molar-refractivity contribution in [1.29, 1.82) is 0 Å². The van der Waals surface area contributed by atoms with E-state index in [2.05, 4.69) is 10.5 Å². The van der Waals surface area contributed by atoms with Crippen LogP contribution < -0.4 is 10.1 Å². The lowest BCUT2D eigenvalue weighted by molar-refractivity contribution is -0.116. The summed E-state index contributed by atoms with van der Waals surface area (Å²) in [4.78, 5) is 26.3. The minimum absolute atomic E-state index is 0.0597. The van der Waals surface area contributed by atoms with E-state index >= 15 is 0 Å². The Morgan fingerprint density at radius 3 is 2.75 bits per heavy atom. The molecule has 0 aliphatic heterocycles. The molecule has 7 heteroatoms. The monoisotopic (exact) mass is 331 g/mol. The zero-order valence-corrected chi connectivity index (χ0v) is 14.0. The van der Waals surface area contributed by atoms with Gasteiger partial charge in [0, 0.05) is 18.2 Å². The number of hydrogen-bond acceptors (Lipinski definition) is 5. The van der Waals surface area contributed by atoms with E-state index in [1.54, 1.807) is 44.4 Å². The van der Waals surface area contributed by atoms with Crippen molar-refractivity contribution < 1.29 is 18.8 Å². The van der Waals surface area contributed by atoms with Gasteiger partial charge in [-0.05, 0) is 31.5 Å². The number of nitrogens with zero attached hydrogens (tertiary/aromatic N) is 2. The number of hydrogen-bond donors (Lipinski definition) is 1. The molecule has 0 saturated heterocycles. The summed E-state index contributed by atoms with van der Waals surface area (Å²) in [7, 11) is 1.54. The highest BCUT2D eigenvalue weighted by Gasteiger charge is 2.19. The quantitative estimate of drug-likeness (QED) is 0.842. The fourth-order valence-electron chi connectivity index (χ4n) is 2.24. The third-order valence-electron chi connectivity index (χ3n) is 3.33. The number of aromatic nitrogens is 1. The minimum Gasteiger partial charge on any atom is -0.497 e. The van der Waals surface area contributed by atoms with Crippen molar-refractivity contribution in [3.8, 4) is 5.75 Å². The van der Waals surface area contributed by atoms with E-state index in [1.165, 1.54) is 4.90 Å². The van der Waals surface area contributed by atoms with Crippen LogP contribution in [0.15, 0.2) is 34.9 Å². The molecule has 128 valence electrons. The minimum atomic E-state index is -0.326. The van der Waals surface area contributed by atoms with Crippen LogP contribution in [0.25, 0.3) is 0 Å². The summed E-state index contributed by atoms with van der Waals surface area (Å²) in [5, 5.41) is 6.33. The number of methoxy groups -OCH3 is 1. The van der Waals surface area contributed by atoms with Gasteiger partial charge in [-0.1, -0.05) is 18.1 Å². The van der Waals surface area contributed by atoms with E-state index in [0.29, 0.717) is 29.4 Å². The van der Waals surface area contributed by atoms with Crippen molar-refractivity contribution >= 4 is 17.6 Å². The number of carbonyl (C=O) groups excluding carboxylic acids is 2. The molecular formula is C17H21N3O4. The number of carbonyl (C=O) groups is 2. The maximum Gasteiger partial charge on any atom is 0.254 e. The maximum absolute atomic E-state index is 12.7. The fraction of sp³-hybridized carbons (Fsp3) is 0.353. The van der Waals surface area contributed by atoms with Crippen molar-refractivity contribution in [2.24, 2.45) is 0 Å². The number of anilines is 1. The van der Waals surface area contributed by atoms with E-state index in [9.17, 15) is 9.59 Å². The Morgan fingerprint density at radius 1 is 1.33 bits per heavy atom. The van der Waals surface area contributed by atoms with Gasteiger partial charge in [0.15, 0.2) is 5.82 Å². The number of benzene rings is 1. The lowest BCUT2D eigenvalue weighted by atomic mass is 10.2. The third kappa shape index (κ3) is 4.58. The van der Waals surface area contributed by atoms with E-state index in [0.717, 1.165) is 6.42 Å². The normalized spacial score (nSPS) is 10.3. The van der Waals surface area contributed by atoms with Crippen LogP contribution in [-0.4, -0.2) is 42.1 Å². The average Bonchev–Trinajstić information content (AvgIpc) is 2.98. The maximum atomic E-state index is 12.7. The van der Waals surface area contributed by atoms with Crippen LogP contribution in [-0.2, 0) is 4.79 Å². The molecule has 0 spiro atoms. The molecule has 1 aromatic heterocycles. The van der Waals surface area contributed by atoms with E-state index in [4.69, 9.17) is 9.26 Å². The van der Waals surface area contributed by atoms with Crippen molar-refractivity contribution in [3.63, 3.8) is 0 Å². The number of aryl methyl sites for hydroxylation is 1. The first-order chi connectivity index (χ1) is 11.5. The molecule has 1 N–H and O–H groups in total. The molecule has 0 atom stereocenters. The number of rotatable bonds is 7. The molecule has 0 aliphatic rings. The third-order valence-corrected chi connectivity index (χ3v) is 3.33. The van der Waals surface area contributed by atoms with Crippen molar-refractivity contribution in [3.05, 3.63) is 41.7 Å². The molecule has 2 aromatic rings. The first kappa shape index (κ1) is 17.5. The molecule has 0 aliphatic carbocycles. The Bertz CT molecular complexity index is 711. The highest BCUT2D eigenvalue weighted by molar-refractivity contribution is 5.99. The molecule has 1 heterocycles. The molecule has 2 amide bonds. The summed E-state index contributed by atoms with van der Waals surface area (Å²) in [5.74, 6) is 0.987. The Hall–Kier alpha value is -2.83. The van der Waals surface area contributed by atoms with Gasteiger partial charge >= 0.3 is 0 Å². The Labute approximate surface area is 140 Å². The molecule has 0 unspecified atom stereocenters. The van der Waals surface area contributed by atoms with Crippen LogP contribution in [0, 0.1) is 6.92 Å². The predicted octanol–water partition coefficient (Wildman–Crippen LogP) is 2.48. The molecule has 0 bridgehead atoms. The number of amides is 2.